The topological polar surface area (TPSA) is 268 Å². The molecule has 0 aliphatic rings. The first kappa shape index (κ1) is 66.6. The molecule has 0 radical (unpaired) electrons. The molecule has 0 fully saturated rings. The molecule has 6 aromatic heterocycles. The van der Waals surface area contributed by atoms with E-state index in [1.54, 1.807) is 18.3 Å². The van der Waals surface area contributed by atoms with Gasteiger partial charge in [-0.15, -0.1) is 0 Å². The summed E-state index contributed by atoms with van der Waals surface area (Å²) in [5, 5.41) is 31.0. The third-order valence-corrected chi connectivity index (χ3v) is 11.2. The number of anilines is 1. The normalized spacial score (nSPS) is 10.7. The van der Waals surface area contributed by atoms with Crippen molar-refractivity contribution in [2.45, 2.75) is 91.8 Å². The molecule has 69 heavy (non-hydrogen) atoms. The second kappa shape index (κ2) is 33.1. The highest BCUT2D eigenvalue weighted by Crippen LogP contribution is 2.26. The van der Waals surface area contributed by atoms with Crippen LogP contribution in [0.1, 0.15) is 42.5 Å². The Kier molecular flexibility index (Phi) is 32.0. The summed E-state index contributed by atoms with van der Waals surface area (Å²) in [6, 6.07) is 8.71. The average molecular weight is 1350 g/mol. The average Bonchev–Trinajstić information content (AvgIpc) is 3.92. The number of hydrogen-bond acceptors (Lipinski definition) is 16. The van der Waals surface area contributed by atoms with Crippen LogP contribution in [-0.2, 0) is 40.3 Å². The Morgan fingerprint density at radius 2 is 1.07 bits per heavy atom. The van der Waals surface area contributed by atoms with Crippen LogP contribution in [0.25, 0.3) is 33.8 Å². The summed E-state index contributed by atoms with van der Waals surface area (Å²) in [6.45, 7) is -0.514. The number of nitriles is 2. The van der Waals surface area contributed by atoms with Crippen LogP contribution in [0.2, 0.25) is 0 Å². The van der Waals surface area contributed by atoms with Gasteiger partial charge >= 0.3 is 0 Å². The Hall–Kier alpha value is -4.52. The molecule has 6 rings (SSSR count). The van der Waals surface area contributed by atoms with E-state index in [4.69, 9.17) is 16.3 Å². The molecule has 0 aliphatic carbocycles. The number of nitrogens with zero attached hydrogens (tertiary/aromatic N) is 14. The molecule has 0 aliphatic heterocycles. The number of nitrogens with two attached hydrogens (primary N) is 1. The third-order valence-electron chi connectivity index (χ3n) is 7.24. The lowest BCUT2D eigenvalue weighted by Gasteiger charge is -2.03. The van der Waals surface area contributed by atoms with Crippen LogP contribution in [0.3, 0.4) is 0 Å². The van der Waals surface area contributed by atoms with Gasteiger partial charge in [-0.2, -0.15) is 25.8 Å². The van der Waals surface area contributed by atoms with Gasteiger partial charge in [-0.25, -0.2) is 64.7 Å². The fourth-order valence-corrected chi connectivity index (χ4v) is 7.63. The Morgan fingerprint density at radius 1 is 0.681 bits per heavy atom. The van der Waals surface area contributed by atoms with Crippen molar-refractivity contribution in [1.29, 1.82) is 10.5 Å². The smallest absolute Gasteiger partial charge is 0.257 e. The van der Waals surface area contributed by atoms with Crippen LogP contribution in [0.15, 0.2) is 65.7 Å². The molecule has 0 spiro atoms. The van der Waals surface area contributed by atoms with Crippen LogP contribution in [0, 0.1) is 33.8 Å². The van der Waals surface area contributed by atoms with Crippen LogP contribution < -0.4 is 11.1 Å². The summed E-state index contributed by atoms with van der Waals surface area (Å²) in [5.74, 6) is 0.389. The minimum Gasteiger partial charge on any atom is -0.353 e. The van der Waals surface area contributed by atoms with Crippen molar-refractivity contribution < 1.29 is 39.0 Å². The minimum atomic E-state index is -3.53. The van der Waals surface area contributed by atoms with E-state index in [2.05, 4.69) is 50.5 Å². The lowest BCUT2D eigenvalue weighted by atomic mass is 10.2. The van der Waals surface area contributed by atoms with Crippen LogP contribution in [-0.4, -0.2) is 117 Å². The van der Waals surface area contributed by atoms with Gasteiger partial charge < -0.3 is 11.1 Å². The molecule has 0 saturated carbocycles. The molecule has 0 saturated heterocycles. The number of nitrogens with one attached hydrogen (secondary N) is 1. The van der Waals surface area contributed by atoms with E-state index in [0.29, 0.717) is 76.8 Å². The number of alkyl halides is 6. The molecular formula is C39H51F6I3N16O3S2. The predicted octanol–water partition coefficient (Wildman–Crippen LogP) is 8.50. The van der Waals surface area contributed by atoms with E-state index >= 15 is 0 Å². The van der Waals surface area contributed by atoms with Gasteiger partial charge in [0.2, 0.25) is 26.1 Å². The van der Waals surface area contributed by atoms with Crippen molar-refractivity contribution in [3.05, 3.63) is 66.5 Å². The Bertz CT molecular complexity index is 2700. The summed E-state index contributed by atoms with van der Waals surface area (Å²) in [7, 11) is -4.82. The van der Waals surface area contributed by atoms with E-state index in [0.717, 1.165) is 10.9 Å². The van der Waals surface area contributed by atoms with Gasteiger partial charge in [0.05, 0.1) is 63.1 Å². The maximum Gasteiger partial charge on any atom is 0.257 e. The fourth-order valence-electron chi connectivity index (χ4n) is 4.60. The number of hydrogen-bond donors (Lipinski definition) is 2. The second-order valence-electron chi connectivity index (χ2n) is 12.3. The molecule has 0 aromatic carbocycles. The maximum absolute atomic E-state index is 12.4. The molecule has 19 nitrogen and oxygen atoms in total. The van der Waals surface area contributed by atoms with Gasteiger partial charge in [0.25, 0.3) is 19.3 Å². The summed E-state index contributed by atoms with van der Waals surface area (Å²) < 4.78 is 113. The highest BCUT2D eigenvalue weighted by molar-refractivity contribution is 14.1. The monoisotopic (exact) mass is 1350 g/mol. The molecular weight excluding hydrogens is 1300 g/mol. The van der Waals surface area contributed by atoms with Crippen LogP contribution in [0.5, 0.6) is 0 Å². The maximum atomic E-state index is 12.4. The Balaban J connectivity index is 0. The standard InChI is InChI=1S/C12H11F2IN6.C10H9F2IN4O2S.C10H9F2IN4OS.C3H6N2.4CH4/c13-10(14)7-21-6-8(11(15)20-21)9-2-5-18-12(19-9)17-4-1-3-16;1-20(18,19)10-14-3-2-7(15-10)6-4-17(5-8(11)12)16-9(6)13;1-19(18)10-14-3-2-7(15-10)6-4-17(5-8(11)12)16-9(6)13;4-2-1-3-5;;;;/h2,5-6,10H,1,4,7H2,(H,17,18,19);2-4,8H,5H2,1H3;2-4,8H,5H2,1H3;1-2,4H2;4*1H4. The number of rotatable bonds is 15. The molecule has 6 heterocycles. The summed E-state index contributed by atoms with van der Waals surface area (Å²) in [4.78, 5) is 24.0. The minimum absolute atomic E-state index is 0. The largest absolute Gasteiger partial charge is 0.353 e. The van der Waals surface area contributed by atoms with Crippen molar-refractivity contribution in [1.82, 2.24) is 59.2 Å². The zero-order chi connectivity index (χ0) is 48.3. The summed E-state index contributed by atoms with van der Waals surface area (Å²) in [5.41, 5.74) is 8.13. The van der Waals surface area contributed by atoms with E-state index < -0.39 is 59.5 Å². The van der Waals surface area contributed by atoms with E-state index in [1.165, 1.54) is 52.7 Å². The molecule has 6 aromatic rings. The third kappa shape index (κ3) is 22.8. The van der Waals surface area contributed by atoms with Gasteiger partial charge in [-0.05, 0) is 86.0 Å². The number of halogens is 9. The molecule has 380 valence electrons. The van der Waals surface area contributed by atoms with Crippen molar-refractivity contribution >= 4 is 94.4 Å². The predicted molar refractivity (Wildman–Crippen MR) is 276 cm³/mol. The summed E-state index contributed by atoms with van der Waals surface area (Å²) >= 11 is 5.80. The SMILES string of the molecule is C.C.C.C.CS(=O)(=O)c1nccc(-c2cn(CC(F)F)nc2I)n1.CS(=O)c1nccc(-c2cn(CC(F)F)nc2I)n1.N#CCCN.N#CCCNc1nccc(-c2cn(CC(F)F)nc2I)n1. The van der Waals surface area contributed by atoms with Gasteiger partial charge in [0, 0.05) is 69.2 Å². The first-order chi connectivity index (χ1) is 30.7. The zero-order valence-corrected chi connectivity index (χ0v) is 41.8. The molecule has 1 atom stereocenters. The molecule has 30 heteroatoms. The summed E-state index contributed by atoms with van der Waals surface area (Å²) in [6.07, 6.45) is 4.65. The van der Waals surface area contributed by atoms with Gasteiger partial charge in [0.15, 0.2) is 0 Å². The van der Waals surface area contributed by atoms with E-state index in [9.17, 15) is 39.0 Å². The van der Waals surface area contributed by atoms with E-state index in [1.807, 2.05) is 79.9 Å². The van der Waals surface area contributed by atoms with Crippen LogP contribution >= 0.6 is 67.8 Å². The fraction of sp³-hybridized carbons (Fsp3) is 0.410. The highest BCUT2D eigenvalue weighted by Gasteiger charge is 2.18. The Labute approximate surface area is 440 Å². The van der Waals surface area contributed by atoms with Crippen molar-refractivity contribution in [2.75, 3.05) is 30.9 Å². The second-order valence-corrected chi connectivity index (χ2v) is 18.6. The number of sulfone groups is 1. The molecule has 0 bridgehead atoms. The molecule has 0 amide bonds. The van der Waals surface area contributed by atoms with Crippen LogP contribution in [0.4, 0.5) is 32.3 Å². The lowest BCUT2D eigenvalue weighted by Crippen LogP contribution is -2.06. The van der Waals surface area contributed by atoms with Gasteiger partial charge in [-0.1, -0.05) is 29.7 Å². The number of aromatic nitrogens is 12. The van der Waals surface area contributed by atoms with E-state index in [-0.39, 0.29) is 40.0 Å². The van der Waals surface area contributed by atoms with Crippen molar-refractivity contribution in [3.63, 3.8) is 0 Å². The first-order valence-electron chi connectivity index (χ1n) is 18.0. The highest BCUT2D eigenvalue weighted by atomic mass is 127. The quantitative estimate of drug-likeness (QED) is 0.0422. The zero-order valence-electron chi connectivity index (χ0n) is 33.7. The molecule has 3 N–H and O–H groups in total. The van der Waals surface area contributed by atoms with Gasteiger partial charge in [-0.3, -0.25) is 18.3 Å². The Morgan fingerprint density at radius 3 is 1.43 bits per heavy atom. The lowest BCUT2D eigenvalue weighted by molar-refractivity contribution is 0.121. The van der Waals surface area contributed by atoms with Crippen molar-refractivity contribution in [3.8, 4) is 45.9 Å². The van der Waals surface area contributed by atoms with Crippen molar-refractivity contribution in [2.24, 2.45) is 5.73 Å². The van der Waals surface area contributed by atoms with Gasteiger partial charge in [0.1, 0.15) is 30.7 Å². The first-order valence-corrected chi connectivity index (χ1v) is 24.7. The molecule has 1 unspecified atom stereocenters.